The van der Waals surface area contributed by atoms with E-state index in [4.69, 9.17) is 4.42 Å². The van der Waals surface area contributed by atoms with Crippen LogP contribution in [0.2, 0.25) is 0 Å². The Hall–Kier alpha value is -5.54. The summed E-state index contributed by atoms with van der Waals surface area (Å²) in [7, 11) is 0. The highest BCUT2D eigenvalue weighted by Gasteiger charge is 2.24. The maximum atomic E-state index is 6.20. The summed E-state index contributed by atoms with van der Waals surface area (Å²) >= 11 is 0. The van der Waals surface area contributed by atoms with Crippen LogP contribution in [0.1, 0.15) is 11.3 Å². The third-order valence-corrected chi connectivity index (χ3v) is 8.12. The molecule has 0 radical (unpaired) electrons. The molecule has 0 saturated carbocycles. The van der Waals surface area contributed by atoms with Crippen LogP contribution < -0.4 is 10.2 Å². The van der Waals surface area contributed by atoms with Crippen LogP contribution in [0.25, 0.3) is 50.1 Å². The van der Waals surface area contributed by atoms with E-state index in [9.17, 15) is 0 Å². The van der Waals surface area contributed by atoms with E-state index < -0.39 is 0 Å². The molecule has 1 aromatic heterocycles. The summed E-state index contributed by atoms with van der Waals surface area (Å²) in [6, 6.07) is 51.5. The Labute approximate surface area is 245 Å². The molecule has 3 heteroatoms. The van der Waals surface area contributed by atoms with Gasteiger partial charge < -0.3 is 9.73 Å². The molecule has 200 valence electrons. The molecule has 0 bridgehead atoms. The molecule has 6 aromatic carbocycles. The molecule has 3 nitrogen and oxygen atoms in total. The largest absolute Gasteiger partial charge is 0.459 e. The number of hydrogen-bond acceptors (Lipinski definition) is 3. The summed E-state index contributed by atoms with van der Waals surface area (Å²) in [5.74, 6) is 1.97. The molecule has 0 fully saturated rings. The van der Waals surface area contributed by atoms with Gasteiger partial charge in [-0.1, -0.05) is 121 Å². The zero-order chi connectivity index (χ0) is 27.9. The number of anilines is 2. The number of nitrogens with zero attached hydrogens (tertiary/aromatic N) is 1. The molecule has 0 aliphatic carbocycles. The summed E-state index contributed by atoms with van der Waals surface area (Å²) in [4.78, 5) is 2.34. The zero-order valence-corrected chi connectivity index (χ0v) is 23.0. The van der Waals surface area contributed by atoms with E-state index in [1.165, 1.54) is 33.0 Å². The van der Waals surface area contributed by atoms with Gasteiger partial charge in [-0.2, -0.15) is 0 Å². The van der Waals surface area contributed by atoms with Crippen LogP contribution in [-0.4, -0.2) is 0 Å². The molecular weight excluding hydrogens is 512 g/mol. The first-order chi connectivity index (χ1) is 20.8. The Kier molecular flexibility index (Phi) is 5.86. The maximum Gasteiger partial charge on any atom is 0.135 e. The lowest BCUT2D eigenvalue weighted by atomic mass is 9.96. The van der Waals surface area contributed by atoms with E-state index in [1.807, 2.05) is 12.1 Å². The first kappa shape index (κ1) is 24.3. The molecule has 42 heavy (non-hydrogen) atoms. The molecule has 1 N–H and O–H groups in total. The van der Waals surface area contributed by atoms with Gasteiger partial charge in [0.05, 0.1) is 12.2 Å². The summed E-state index contributed by atoms with van der Waals surface area (Å²) < 4.78 is 6.20. The summed E-state index contributed by atoms with van der Waals surface area (Å²) in [6.45, 7) is 0.620. The van der Waals surface area contributed by atoms with Gasteiger partial charge >= 0.3 is 0 Å². The highest BCUT2D eigenvalue weighted by atomic mass is 16.3. The van der Waals surface area contributed by atoms with E-state index >= 15 is 0 Å². The SMILES string of the molecule is C1=C(N(c2ccc(-c3ccccc3)cc2)c2ccc(-c3ccccc3)c3ccccc23)NCc2oc3ccccc3c21. The van der Waals surface area contributed by atoms with Crippen LogP contribution in [0.4, 0.5) is 11.4 Å². The topological polar surface area (TPSA) is 28.4 Å². The lowest BCUT2D eigenvalue weighted by molar-refractivity contribution is 0.525. The Morgan fingerprint density at radius 2 is 1.14 bits per heavy atom. The predicted octanol–water partition coefficient (Wildman–Crippen LogP) is 10.2. The average Bonchev–Trinajstić information content (AvgIpc) is 3.44. The van der Waals surface area contributed by atoms with E-state index in [2.05, 4.69) is 150 Å². The second-order valence-electron chi connectivity index (χ2n) is 10.6. The van der Waals surface area contributed by atoms with E-state index in [0.29, 0.717) is 6.54 Å². The lowest BCUT2D eigenvalue weighted by Gasteiger charge is -2.31. The molecule has 2 heterocycles. The van der Waals surface area contributed by atoms with Crippen LogP contribution in [0.5, 0.6) is 0 Å². The van der Waals surface area contributed by atoms with Crippen molar-refractivity contribution in [2.24, 2.45) is 0 Å². The molecular formula is C39H28N2O. The first-order valence-electron chi connectivity index (χ1n) is 14.3. The van der Waals surface area contributed by atoms with Crippen LogP contribution in [-0.2, 0) is 6.54 Å². The molecule has 0 unspecified atom stereocenters. The van der Waals surface area contributed by atoms with Crippen molar-refractivity contribution in [2.45, 2.75) is 6.54 Å². The number of fused-ring (bicyclic) bond motifs is 4. The Bertz CT molecular complexity index is 2070. The van der Waals surface area contributed by atoms with E-state index in [1.54, 1.807) is 0 Å². The van der Waals surface area contributed by atoms with Gasteiger partial charge in [0.25, 0.3) is 0 Å². The number of furan rings is 1. The smallest absolute Gasteiger partial charge is 0.135 e. The summed E-state index contributed by atoms with van der Waals surface area (Å²) in [6.07, 6.45) is 2.23. The number of rotatable bonds is 5. The van der Waals surface area contributed by atoms with Gasteiger partial charge in [0, 0.05) is 22.0 Å². The number of para-hydroxylation sites is 1. The number of nitrogens with one attached hydrogen (secondary N) is 1. The average molecular weight is 541 g/mol. The van der Waals surface area contributed by atoms with Gasteiger partial charge in [0.15, 0.2) is 0 Å². The third-order valence-electron chi connectivity index (χ3n) is 8.12. The molecule has 1 aliphatic rings. The molecule has 8 rings (SSSR count). The van der Waals surface area contributed by atoms with Crippen molar-refractivity contribution in [2.75, 3.05) is 4.90 Å². The van der Waals surface area contributed by atoms with Crippen molar-refractivity contribution in [3.63, 3.8) is 0 Å². The molecule has 0 amide bonds. The van der Waals surface area contributed by atoms with E-state index in [-0.39, 0.29) is 0 Å². The minimum atomic E-state index is 0.620. The minimum absolute atomic E-state index is 0.620. The Morgan fingerprint density at radius 1 is 0.524 bits per heavy atom. The fourth-order valence-corrected chi connectivity index (χ4v) is 6.10. The van der Waals surface area contributed by atoms with Gasteiger partial charge in [-0.05, 0) is 58.0 Å². The minimum Gasteiger partial charge on any atom is -0.459 e. The standard InChI is InChI=1S/C39H28N2O/c1-3-11-27(12-4-1)28-19-21-30(22-20-28)41(39-25-35-34-17-9-10-18-37(34)42-38(35)26-40-39)36-24-23-31(29-13-5-2-6-14-29)32-15-7-8-16-33(32)36/h1-25,40H,26H2. The van der Waals surface area contributed by atoms with Crippen LogP contribution in [0.15, 0.2) is 156 Å². The van der Waals surface area contributed by atoms with Gasteiger partial charge in [0.2, 0.25) is 0 Å². The highest BCUT2D eigenvalue weighted by molar-refractivity contribution is 6.05. The van der Waals surface area contributed by atoms with Crippen LogP contribution >= 0.6 is 0 Å². The quantitative estimate of drug-likeness (QED) is 0.235. The number of benzene rings is 6. The summed E-state index contributed by atoms with van der Waals surface area (Å²) in [5.41, 5.74) is 9.09. The normalized spacial score (nSPS) is 12.5. The van der Waals surface area contributed by atoms with E-state index in [0.717, 1.165) is 39.5 Å². The molecule has 0 saturated heterocycles. The second-order valence-corrected chi connectivity index (χ2v) is 10.6. The molecule has 0 spiro atoms. The Morgan fingerprint density at radius 3 is 1.90 bits per heavy atom. The van der Waals surface area contributed by atoms with Gasteiger partial charge in [0.1, 0.15) is 17.2 Å². The monoisotopic (exact) mass is 540 g/mol. The van der Waals surface area contributed by atoms with Crippen molar-refractivity contribution in [1.29, 1.82) is 0 Å². The first-order valence-corrected chi connectivity index (χ1v) is 14.3. The van der Waals surface area contributed by atoms with Gasteiger partial charge in [-0.15, -0.1) is 0 Å². The summed E-state index contributed by atoms with van der Waals surface area (Å²) in [5, 5.41) is 7.23. The van der Waals surface area contributed by atoms with Crippen molar-refractivity contribution in [1.82, 2.24) is 5.32 Å². The van der Waals surface area contributed by atoms with Crippen LogP contribution in [0.3, 0.4) is 0 Å². The molecule has 0 atom stereocenters. The van der Waals surface area contributed by atoms with Crippen LogP contribution in [0, 0.1) is 0 Å². The fourth-order valence-electron chi connectivity index (χ4n) is 6.10. The van der Waals surface area contributed by atoms with Crippen molar-refractivity contribution in [3.8, 4) is 22.3 Å². The third kappa shape index (κ3) is 4.15. The maximum absolute atomic E-state index is 6.20. The zero-order valence-electron chi connectivity index (χ0n) is 23.0. The second kappa shape index (κ2) is 10.1. The lowest BCUT2D eigenvalue weighted by Crippen LogP contribution is -2.30. The van der Waals surface area contributed by atoms with Crippen molar-refractivity contribution in [3.05, 3.63) is 163 Å². The highest BCUT2D eigenvalue weighted by Crippen LogP contribution is 2.41. The van der Waals surface area contributed by atoms with Crippen molar-refractivity contribution >= 4 is 39.2 Å². The fraction of sp³-hybridized carbons (Fsp3) is 0.0256. The number of hydrogen-bond donors (Lipinski definition) is 1. The van der Waals surface area contributed by atoms with Gasteiger partial charge in [-0.25, -0.2) is 0 Å². The molecule has 1 aliphatic heterocycles. The predicted molar refractivity (Wildman–Crippen MR) is 174 cm³/mol. The Balaban J connectivity index is 1.33. The molecule has 7 aromatic rings. The van der Waals surface area contributed by atoms with Gasteiger partial charge in [-0.3, -0.25) is 4.90 Å². The van der Waals surface area contributed by atoms with Crippen molar-refractivity contribution < 1.29 is 4.42 Å².